The smallest absolute Gasteiger partial charge is 0.338 e. The average molecular weight is 404 g/mol. The average Bonchev–Trinajstić information content (AvgIpc) is 2.69. The van der Waals surface area contributed by atoms with Gasteiger partial charge in [-0.25, -0.2) is 9.59 Å². The Morgan fingerprint density at radius 1 is 1.14 bits per heavy atom. The number of halogens is 1. The summed E-state index contributed by atoms with van der Waals surface area (Å²) in [6.07, 6.45) is 1.04. The van der Waals surface area contributed by atoms with E-state index < -0.39 is 5.97 Å². The van der Waals surface area contributed by atoms with Crippen LogP contribution in [-0.4, -0.2) is 31.1 Å². The highest BCUT2D eigenvalue weighted by molar-refractivity contribution is 5.94. The number of esters is 1. The van der Waals surface area contributed by atoms with Crippen molar-refractivity contribution in [1.82, 2.24) is 10.6 Å². The SMILES string of the molecule is CC1CCNCC1NC(=O)Nc1cccc(C(=O)OCc2ccccc2)c1.Cl. The second-order valence-electron chi connectivity index (χ2n) is 6.82. The van der Waals surface area contributed by atoms with E-state index in [2.05, 4.69) is 22.9 Å². The minimum atomic E-state index is -0.423. The number of urea groups is 1. The third-order valence-electron chi connectivity index (χ3n) is 4.71. The normalized spacial score (nSPS) is 18.5. The van der Waals surface area contributed by atoms with Gasteiger partial charge in [-0.3, -0.25) is 0 Å². The molecule has 1 aliphatic rings. The number of benzene rings is 2. The molecule has 7 heteroatoms. The van der Waals surface area contributed by atoms with Gasteiger partial charge in [0.25, 0.3) is 0 Å². The van der Waals surface area contributed by atoms with Crippen molar-refractivity contribution >= 4 is 30.1 Å². The van der Waals surface area contributed by atoms with Gasteiger partial charge in [0.1, 0.15) is 6.61 Å². The Morgan fingerprint density at radius 2 is 1.93 bits per heavy atom. The van der Waals surface area contributed by atoms with E-state index >= 15 is 0 Å². The van der Waals surface area contributed by atoms with Crippen LogP contribution >= 0.6 is 12.4 Å². The first kappa shape index (κ1) is 21.7. The largest absolute Gasteiger partial charge is 0.457 e. The van der Waals surface area contributed by atoms with Crippen molar-refractivity contribution in [3.05, 3.63) is 65.7 Å². The lowest BCUT2D eigenvalue weighted by atomic mass is 9.95. The van der Waals surface area contributed by atoms with Gasteiger partial charge in [0.05, 0.1) is 5.56 Å². The molecule has 1 heterocycles. The summed E-state index contributed by atoms with van der Waals surface area (Å²) in [5.74, 6) is 0.00399. The van der Waals surface area contributed by atoms with Crippen molar-refractivity contribution in [2.75, 3.05) is 18.4 Å². The summed E-state index contributed by atoms with van der Waals surface area (Å²) < 4.78 is 5.33. The molecule has 1 saturated heterocycles. The molecule has 0 spiro atoms. The standard InChI is InChI=1S/C21H25N3O3.ClH/c1-15-10-11-22-13-19(15)24-21(26)23-18-9-5-8-17(12-18)20(25)27-14-16-6-3-2-4-7-16;/h2-9,12,15,19,22H,10-11,13-14H2,1H3,(H2,23,24,26);1H. The summed E-state index contributed by atoms with van der Waals surface area (Å²) in [6, 6.07) is 16.1. The maximum Gasteiger partial charge on any atom is 0.338 e. The molecule has 1 fully saturated rings. The van der Waals surface area contributed by atoms with Gasteiger partial charge in [-0.05, 0) is 42.6 Å². The zero-order valence-corrected chi connectivity index (χ0v) is 16.6. The van der Waals surface area contributed by atoms with E-state index in [9.17, 15) is 9.59 Å². The molecule has 6 nitrogen and oxygen atoms in total. The van der Waals surface area contributed by atoms with Gasteiger partial charge in [-0.1, -0.05) is 43.3 Å². The third-order valence-corrected chi connectivity index (χ3v) is 4.71. The number of hydrogen-bond donors (Lipinski definition) is 3. The highest BCUT2D eigenvalue weighted by atomic mass is 35.5. The number of nitrogens with one attached hydrogen (secondary N) is 3. The Hall–Kier alpha value is -2.57. The van der Waals surface area contributed by atoms with Crippen LogP contribution in [-0.2, 0) is 11.3 Å². The van der Waals surface area contributed by atoms with Gasteiger partial charge in [0.15, 0.2) is 0 Å². The maximum atomic E-state index is 12.3. The summed E-state index contributed by atoms with van der Waals surface area (Å²) in [6.45, 7) is 4.09. The van der Waals surface area contributed by atoms with E-state index in [4.69, 9.17) is 4.74 Å². The van der Waals surface area contributed by atoms with Gasteiger partial charge < -0.3 is 20.7 Å². The van der Waals surface area contributed by atoms with Gasteiger partial charge >= 0.3 is 12.0 Å². The molecule has 2 atom stereocenters. The van der Waals surface area contributed by atoms with E-state index in [-0.39, 0.29) is 31.1 Å². The van der Waals surface area contributed by atoms with Gasteiger partial charge in [0.2, 0.25) is 0 Å². The van der Waals surface area contributed by atoms with Gasteiger partial charge in [0, 0.05) is 18.3 Å². The van der Waals surface area contributed by atoms with Crippen LogP contribution in [0.5, 0.6) is 0 Å². The van der Waals surface area contributed by atoms with Crippen molar-refractivity contribution in [2.24, 2.45) is 5.92 Å². The lowest BCUT2D eigenvalue weighted by Crippen LogP contribution is -2.51. The highest BCUT2D eigenvalue weighted by Gasteiger charge is 2.22. The van der Waals surface area contributed by atoms with E-state index in [1.54, 1.807) is 24.3 Å². The maximum absolute atomic E-state index is 12.3. The van der Waals surface area contributed by atoms with E-state index in [0.717, 1.165) is 25.1 Å². The molecule has 1 aliphatic heterocycles. The molecule has 150 valence electrons. The zero-order valence-electron chi connectivity index (χ0n) is 15.8. The van der Waals surface area contributed by atoms with Crippen molar-refractivity contribution in [2.45, 2.75) is 26.0 Å². The number of rotatable bonds is 5. The molecular weight excluding hydrogens is 378 g/mol. The Morgan fingerprint density at radius 3 is 2.68 bits per heavy atom. The Kier molecular flexibility index (Phi) is 8.29. The fraction of sp³-hybridized carbons (Fsp3) is 0.333. The monoisotopic (exact) mass is 403 g/mol. The molecule has 2 aromatic carbocycles. The highest BCUT2D eigenvalue weighted by Crippen LogP contribution is 2.14. The summed E-state index contributed by atoms with van der Waals surface area (Å²) in [5.41, 5.74) is 1.88. The van der Waals surface area contributed by atoms with Crippen molar-refractivity contribution in [3.8, 4) is 0 Å². The minimum absolute atomic E-state index is 0. The van der Waals surface area contributed by atoms with Crippen LogP contribution in [0.1, 0.15) is 29.3 Å². The van der Waals surface area contributed by atoms with Crippen LogP contribution in [0.15, 0.2) is 54.6 Å². The summed E-state index contributed by atoms with van der Waals surface area (Å²) >= 11 is 0. The van der Waals surface area contributed by atoms with Crippen LogP contribution in [0.4, 0.5) is 10.5 Å². The summed E-state index contributed by atoms with van der Waals surface area (Å²) in [7, 11) is 0. The number of ether oxygens (including phenoxy) is 1. The van der Waals surface area contributed by atoms with E-state index in [0.29, 0.717) is 17.2 Å². The Labute approximate surface area is 171 Å². The first-order chi connectivity index (χ1) is 13.1. The lowest BCUT2D eigenvalue weighted by Gasteiger charge is -2.30. The van der Waals surface area contributed by atoms with Crippen LogP contribution in [0.3, 0.4) is 0 Å². The van der Waals surface area contributed by atoms with Gasteiger partial charge in [-0.2, -0.15) is 0 Å². The molecule has 2 aromatic rings. The quantitative estimate of drug-likeness (QED) is 0.666. The van der Waals surface area contributed by atoms with E-state index in [1.807, 2.05) is 30.3 Å². The van der Waals surface area contributed by atoms with Crippen LogP contribution < -0.4 is 16.0 Å². The van der Waals surface area contributed by atoms with Crippen LogP contribution in [0, 0.1) is 5.92 Å². The number of hydrogen-bond acceptors (Lipinski definition) is 4. The molecule has 0 aromatic heterocycles. The first-order valence-electron chi connectivity index (χ1n) is 9.21. The lowest BCUT2D eigenvalue weighted by molar-refractivity contribution is 0.0472. The fourth-order valence-electron chi connectivity index (χ4n) is 3.05. The topological polar surface area (TPSA) is 79.5 Å². The molecule has 2 unspecified atom stereocenters. The first-order valence-corrected chi connectivity index (χ1v) is 9.21. The molecular formula is C21H26ClN3O3. The van der Waals surface area contributed by atoms with Gasteiger partial charge in [-0.15, -0.1) is 12.4 Å². The fourth-order valence-corrected chi connectivity index (χ4v) is 3.05. The molecule has 28 heavy (non-hydrogen) atoms. The van der Waals surface area contributed by atoms with Crippen LogP contribution in [0.25, 0.3) is 0 Å². The predicted octanol–water partition coefficient (Wildman–Crippen LogP) is 3.58. The molecule has 3 rings (SSSR count). The molecule has 0 saturated carbocycles. The summed E-state index contributed by atoms with van der Waals surface area (Å²) in [5, 5.41) is 9.06. The number of amides is 2. The molecule has 0 aliphatic carbocycles. The number of anilines is 1. The second kappa shape index (κ2) is 10.7. The molecule has 0 radical (unpaired) electrons. The summed E-state index contributed by atoms with van der Waals surface area (Å²) in [4.78, 5) is 24.5. The molecule has 2 amide bonds. The van der Waals surface area contributed by atoms with Crippen molar-refractivity contribution < 1.29 is 14.3 Å². The second-order valence-corrected chi connectivity index (χ2v) is 6.82. The van der Waals surface area contributed by atoms with Crippen molar-refractivity contribution in [3.63, 3.8) is 0 Å². The Bertz CT molecular complexity index is 785. The molecule has 0 bridgehead atoms. The predicted molar refractivity (Wildman–Crippen MR) is 112 cm³/mol. The number of piperidine rings is 1. The van der Waals surface area contributed by atoms with Crippen LogP contribution in [0.2, 0.25) is 0 Å². The minimum Gasteiger partial charge on any atom is -0.457 e. The number of carbonyl (C=O) groups is 2. The third kappa shape index (κ3) is 6.25. The Balaban J connectivity index is 0.00000280. The molecule has 3 N–H and O–H groups in total. The zero-order chi connectivity index (χ0) is 19.1. The number of carbonyl (C=O) groups excluding carboxylic acids is 2. The van der Waals surface area contributed by atoms with Crippen molar-refractivity contribution in [1.29, 1.82) is 0 Å². The van der Waals surface area contributed by atoms with E-state index in [1.165, 1.54) is 0 Å².